The van der Waals surface area contributed by atoms with Crippen LogP contribution in [0.1, 0.15) is 27.2 Å². The van der Waals surface area contributed by atoms with Gasteiger partial charge in [0.1, 0.15) is 5.54 Å². The Kier molecular flexibility index (Phi) is 6.10. The van der Waals surface area contributed by atoms with Gasteiger partial charge in [-0.05, 0) is 20.3 Å². The van der Waals surface area contributed by atoms with Crippen molar-refractivity contribution in [3.8, 4) is 0 Å². The summed E-state index contributed by atoms with van der Waals surface area (Å²) in [5.41, 5.74) is -1.40. The van der Waals surface area contributed by atoms with Gasteiger partial charge in [-0.25, -0.2) is 18.0 Å². The largest absolute Gasteiger partial charge is 0.480 e. The Morgan fingerprint density at radius 2 is 1.78 bits per heavy atom. The van der Waals surface area contributed by atoms with E-state index in [9.17, 15) is 18.0 Å². The van der Waals surface area contributed by atoms with Gasteiger partial charge in [0.05, 0.1) is 5.75 Å². The van der Waals surface area contributed by atoms with Gasteiger partial charge >= 0.3 is 12.0 Å². The molecular formula is C10H20N2O5S. The molecule has 0 heterocycles. The number of urea groups is 1. The maximum atomic E-state index is 11.3. The van der Waals surface area contributed by atoms with Crippen molar-refractivity contribution in [1.82, 2.24) is 10.6 Å². The van der Waals surface area contributed by atoms with E-state index in [1.807, 2.05) is 0 Å². The highest BCUT2D eigenvalue weighted by Crippen LogP contribution is 2.00. The van der Waals surface area contributed by atoms with Gasteiger partial charge in [-0.15, -0.1) is 0 Å². The van der Waals surface area contributed by atoms with Crippen molar-refractivity contribution in [3.05, 3.63) is 0 Å². The summed E-state index contributed by atoms with van der Waals surface area (Å²) in [6, 6.07) is -0.700. The van der Waals surface area contributed by atoms with Gasteiger partial charge in [0.2, 0.25) is 0 Å². The number of rotatable bonds is 7. The SMILES string of the molecule is CCCS(=O)(=O)CCNC(=O)NC(C)(C)C(=O)O. The minimum atomic E-state index is -3.15. The molecule has 0 atom stereocenters. The minimum absolute atomic E-state index is 0.0378. The summed E-state index contributed by atoms with van der Waals surface area (Å²) in [5.74, 6) is -1.24. The Morgan fingerprint density at radius 1 is 1.22 bits per heavy atom. The molecule has 0 aliphatic heterocycles. The molecule has 0 bridgehead atoms. The zero-order valence-electron chi connectivity index (χ0n) is 10.8. The molecule has 0 unspecified atom stereocenters. The van der Waals surface area contributed by atoms with Crippen molar-refractivity contribution in [2.24, 2.45) is 0 Å². The lowest BCUT2D eigenvalue weighted by molar-refractivity contribution is -0.142. The lowest BCUT2D eigenvalue weighted by Gasteiger charge is -2.21. The predicted octanol–water partition coefficient (Wildman–Crippen LogP) is -0.0264. The second-order valence-corrected chi connectivity index (χ2v) is 6.77. The molecule has 7 nitrogen and oxygen atoms in total. The van der Waals surface area contributed by atoms with Crippen LogP contribution in [0.25, 0.3) is 0 Å². The summed E-state index contributed by atoms with van der Waals surface area (Å²) < 4.78 is 22.7. The monoisotopic (exact) mass is 280 g/mol. The van der Waals surface area contributed by atoms with E-state index in [0.29, 0.717) is 6.42 Å². The molecule has 0 saturated carbocycles. The van der Waals surface area contributed by atoms with Crippen molar-refractivity contribution >= 4 is 21.8 Å². The molecule has 0 rings (SSSR count). The maximum absolute atomic E-state index is 11.3. The summed E-state index contributed by atoms with van der Waals surface area (Å²) in [6.45, 7) is 4.39. The van der Waals surface area contributed by atoms with Crippen molar-refractivity contribution in [2.45, 2.75) is 32.7 Å². The van der Waals surface area contributed by atoms with Gasteiger partial charge in [0.15, 0.2) is 9.84 Å². The average Bonchev–Trinajstić information content (AvgIpc) is 2.15. The van der Waals surface area contributed by atoms with Crippen LogP contribution in [-0.2, 0) is 14.6 Å². The van der Waals surface area contributed by atoms with E-state index < -0.39 is 27.4 Å². The van der Waals surface area contributed by atoms with Gasteiger partial charge in [-0.1, -0.05) is 6.92 Å². The molecule has 0 spiro atoms. The lowest BCUT2D eigenvalue weighted by atomic mass is 10.1. The van der Waals surface area contributed by atoms with E-state index in [2.05, 4.69) is 10.6 Å². The predicted molar refractivity (Wildman–Crippen MR) is 67.2 cm³/mol. The first-order valence-corrected chi connectivity index (χ1v) is 7.42. The molecule has 0 radical (unpaired) electrons. The van der Waals surface area contributed by atoms with Crippen molar-refractivity contribution in [2.75, 3.05) is 18.1 Å². The smallest absolute Gasteiger partial charge is 0.328 e. The number of carbonyl (C=O) groups excluding carboxylic acids is 1. The van der Waals surface area contributed by atoms with Gasteiger partial charge in [0, 0.05) is 12.3 Å². The first-order chi connectivity index (χ1) is 8.10. The van der Waals surface area contributed by atoms with Crippen LogP contribution < -0.4 is 10.6 Å². The number of sulfone groups is 1. The second-order valence-electron chi connectivity index (χ2n) is 4.46. The number of amides is 2. The number of nitrogens with one attached hydrogen (secondary N) is 2. The third-order valence-corrected chi connectivity index (χ3v) is 4.03. The van der Waals surface area contributed by atoms with Crippen LogP contribution in [0.5, 0.6) is 0 Å². The summed E-state index contributed by atoms with van der Waals surface area (Å²) in [4.78, 5) is 22.1. The molecule has 0 saturated heterocycles. The summed E-state index contributed by atoms with van der Waals surface area (Å²) in [7, 11) is -3.15. The van der Waals surface area contributed by atoms with Gasteiger partial charge in [-0.3, -0.25) is 0 Å². The summed E-state index contributed by atoms with van der Waals surface area (Å²) in [5, 5.41) is 13.3. The summed E-state index contributed by atoms with van der Waals surface area (Å²) >= 11 is 0. The number of hydrogen-bond donors (Lipinski definition) is 3. The molecule has 0 aromatic rings. The fourth-order valence-electron chi connectivity index (χ4n) is 1.11. The highest BCUT2D eigenvalue weighted by molar-refractivity contribution is 7.91. The Labute approximate surface area is 107 Å². The van der Waals surface area contributed by atoms with Crippen molar-refractivity contribution < 1.29 is 23.1 Å². The third-order valence-electron chi connectivity index (χ3n) is 2.17. The third kappa shape index (κ3) is 6.43. The summed E-state index contributed by atoms with van der Waals surface area (Å²) in [6.07, 6.45) is 0.528. The molecule has 3 N–H and O–H groups in total. The average molecular weight is 280 g/mol. The molecule has 8 heteroatoms. The van der Waals surface area contributed by atoms with Gasteiger partial charge in [0.25, 0.3) is 0 Å². The van der Waals surface area contributed by atoms with Crippen LogP contribution in [0.15, 0.2) is 0 Å². The molecule has 0 aromatic heterocycles. The molecule has 0 aromatic carbocycles. The quantitative estimate of drug-likeness (QED) is 0.606. The Morgan fingerprint density at radius 3 is 2.22 bits per heavy atom. The van der Waals surface area contributed by atoms with Gasteiger partial charge in [-0.2, -0.15) is 0 Å². The topological polar surface area (TPSA) is 113 Å². The van der Waals surface area contributed by atoms with E-state index in [1.54, 1.807) is 6.92 Å². The Bertz CT molecular complexity index is 402. The number of carboxylic acid groups (broad SMARTS) is 1. The van der Waals surface area contributed by atoms with Gasteiger partial charge < -0.3 is 15.7 Å². The van der Waals surface area contributed by atoms with Crippen LogP contribution in [-0.4, -0.2) is 49.1 Å². The van der Waals surface area contributed by atoms with E-state index in [-0.39, 0.29) is 18.1 Å². The fourth-order valence-corrected chi connectivity index (χ4v) is 2.35. The molecule has 106 valence electrons. The zero-order chi connectivity index (χ0) is 14.4. The number of carboxylic acids is 1. The lowest BCUT2D eigenvalue weighted by Crippen LogP contribution is -2.53. The minimum Gasteiger partial charge on any atom is -0.480 e. The number of hydrogen-bond acceptors (Lipinski definition) is 4. The Hall–Kier alpha value is -1.31. The van der Waals surface area contributed by atoms with Crippen LogP contribution in [0.3, 0.4) is 0 Å². The van der Waals surface area contributed by atoms with Crippen LogP contribution >= 0.6 is 0 Å². The van der Waals surface area contributed by atoms with E-state index >= 15 is 0 Å². The molecule has 2 amide bonds. The van der Waals surface area contributed by atoms with Crippen molar-refractivity contribution in [3.63, 3.8) is 0 Å². The first kappa shape index (κ1) is 16.7. The normalized spacial score (nSPS) is 11.9. The maximum Gasteiger partial charge on any atom is 0.328 e. The van der Waals surface area contributed by atoms with Crippen molar-refractivity contribution in [1.29, 1.82) is 0 Å². The van der Waals surface area contributed by atoms with E-state index in [4.69, 9.17) is 5.11 Å². The molecule has 0 fully saturated rings. The molecule has 0 aliphatic rings. The molecular weight excluding hydrogens is 260 g/mol. The standard InChI is InChI=1S/C10H20N2O5S/c1-4-6-18(16,17)7-5-11-9(15)12-10(2,3)8(13)14/h4-7H2,1-3H3,(H,13,14)(H2,11,12,15). The highest BCUT2D eigenvalue weighted by atomic mass is 32.2. The number of aliphatic carboxylic acids is 1. The fraction of sp³-hybridized carbons (Fsp3) is 0.800. The first-order valence-electron chi connectivity index (χ1n) is 5.60. The van der Waals surface area contributed by atoms with E-state index in [1.165, 1.54) is 13.8 Å². The van der Waals surface area contributed by atoms with Crippen LogP contribution in [0.2, 0.25) is 0 Å². The zero-order valence-corrected chi connectivity index (χ0v) is 11.6. The van der Waals surface area contributed by atoms with Crippen LogP contribution in [0.4, 0.5) is 4.79 Å². The highest BCUT2D eigenvalue weighted by Gasteiger charge is 2.28. The molecule has 0 aliphatic carbocycles. The Balaban J connectivity index is 4.11. The number of carbonyl (C=O) groups is 2. The second kappa shape index (κ2) is 6.58. The molecule has 18 heavy (non-hydrogen) atoms. The van der Waals surface area contributed by atoms with Crippen LogP contribution in [0, 0.1) is 0 Å². The van der Waals surface area contributed by atoms with E-state index in [0.717, 1.165) is 0 Å².